The summed E-state index contributed by atoms with van der Waals surface area (Å²) >= 11 is 1.55. The molecule has 0 unspecified atom stereocenters. The van der Waals surface area contributed by atoms with Gasteiger partial charge >= 0.3 is 0 Å². The second-order valence-corrected chi connectivity index (χ2v) is 7.50. The largest absolute Gasteiger partial charge is 0.343 e. The zero-order valence-corrected chi connectivity index (χ0v) is 15.8. The molecule has 0 atom stereocenters. The Labute approximate surface area is 154 Å². The first-order valence-electron chi connectivity index (χ1n) is 8.40. The standard InChI is InChI=1S/C17H20N6O2S/c1-11-15(16(25)20(2)3)23-5-4-21(10-13(23)18-11)14(24)8-12-9-22-6-7-26-17(22)19-12/h6-7,9H,4-5,8,10H2,1-3H3. The van der Waals surface area contributed by atoms with Gasteiger partial charge in [0.1, 0.15) is 11.5 Å². The summed E-state index contributed by atoms with van der Waals surface area (Å²) < 4.78 is 3.87. The molecule has 0 saturated heterocycles. The number of imidazole rings is 2. The van der Waals surface area contributed by atoms with Crippen LogP contribution in [0.3, 0.4) is 0 Å². The summed E-state index contributed by atoms with van der Waals surface area (Å²) in [5.74, 6) is 0.736. The molecule has 4 rings (SSSR count). The lowest BCUT2D eigenvalue weighted by atomic mass is 10.2. The first-order valence-corrected chi connectivity index (χ1v) is 9.28. The maximum absolute atomic E-state index is 12.7. The van der Waals surface area contributed by atoms with Crippen LogP contribution in [0.5, 0.6) is 0 Å². The zero-order chi connectivity index (χ0) is 18.4. The molecule has 3 aromatic heterocycles. The highest BCUT2D eigenvalue weighted by Crippen LogP contribution is 2.20. The molecule has 4 heterocycles. The Morgan fingerprint density at radius 3 is 2.81 bits per heavy atom. The molecular weight excluding hydrogens is 352 g/mol. The predicted molar refractivity (Wildman–Crippen MR) is 97.2 cm³/mol. The van der Waals surface area contributed by atoms with Crippen molar-refractivity contribution in [1.29, 1.82) is 0 Å². The zero-order valence-electron chi connectivity index (χ0n) is 15.0. The molecule has 0 radical (unpaired) electrons. The Bertz CT molecular complexity index is 970. The van der Waals surface area contributed by atoms with Gasteiger partial charge in [0.15, 0.2) is 4.96 Å². The maximum Gasteiger partial charge on any atom is 0.271 e. The lowest BCUT2D eigenvalue weighted by Gasteiger charge is -2.28. The number of hydrogen-bond acceptors (Lipinski definition) is 5. The number of thiazole rings is 1. The summed E-state index contributed by atoms with van der Waals surface area (Å²) in [6, 6.07) is 0. The fourth-order valence-corrected chi connectivity index (χ4v) is 4.01. The molecule has 1 aliphatic rings. The van der Waals surface area contributed by atoms with Gasteiger partial charge in [-0.3, -0.25) is 14.0 Å². The number of carbonyl (C=O) groups is 2. The molecule has 3 aromatic rings. The molecule has 9 heteroatoms. The van der Waals surface area contributed by atoms with E-state index >= 15 is 0 Å². The first-order chi connectivity index (χ1) is 12.4. The molecule has 136 valence electrons. The number of aryl methyl sites for hydroxylation is 1. The van der Waals surface area contributed by atoms with Crippen molar-refractivity contribution in [1.82, 2.24) is 28.7 Å². The first kappa shape index (κ1) is 16.8. The third-order valence-electron chi connectivity index (χ3n) is 4.58. The number of hydrogen-bond donors (Lipinski definition) is 0. The van der Waals surface area contributed by atoms with Crippen molar-refractivity contribution in [3.05, 3.63) is 40.7 Å². The van der Waals surface area contributed by atoms with Gasteiger partial charge in [-0.1, -0.05) is 0 Å². The van der Waals surface area contributed by atoms with Crippen molar-refractivity contribution in [2.45, 2.75) is 26.4 Å². The molecule has 26 heavy (non-hydrogen) atoms. The van der Waals surface area contributed by atoms with Crippen LogP contribution >= 0.6 is 11.3 Å². The van der Waals surface area contributed by atoms with Crippen molar-refractivity contribution in [2.75, 3.05) is 20.6 Å². The summed E-state index contributed by atoms with van der Waals surface area (Å²) in [7, 11) is 3.46. The third-order valence-corrected chi connectivity index (χ3v) is 5.35. The average molecular weight is 372 g/mol. The molecule has 0 spiro atoms. The van der Waals surface area contributed by atoms with E-state index in [1.807, 2.05) is 33.7 Å². The summed E-state index contributed by atoms with van der Waals surface area (Å²) in [6.07, 6.45) is 4.11. The molecule has 0 aromatic carbocycles. The van der Waals surface area contributed by atoms with Gasteiger partial charge in [-0.05, 0) is 6.92 Å². The highest BCUT2D eigenvalue weighted by atomic mass is 32.1. The van der Waals surface area contributed by atoms with Gasteiger partial charge in [0.2, 0.25) is 5.91 Å². The Kier molecular flexibility index (Phi) is 4.03. The molecule has 0 aliphatic carbocycles. The van der Waals surface area contributed by atoms with E-state index in [4.69, 9.17) is 0 Å². The van der Waals surface area contributed by atoms with E-state index in [-0.39, 0.29) is 18.2 Å². The van der Waals surface area contributed by atoms with Crippen molar-refractivity contribution in [3.8, 4) is 0 Å². The number of amides is 2. The molecule has 0 fully saturated rings. The van der Waals surface area contributed by atoms with Gasteiger partial charge in [-0.15, -0.1) is 11.3 Å². The van der Waals surface area contributed by atoms with Crippen molar-refractivity contribution < 1.29 is 9.59 Å². The second kappa shape index (κ2) is 6.24. The lowest BCUT2D eigenvalue weighted by molar-refractivity contribution is -0.132. The smallest absolute Gasteiger partial charge is 0.271 e. The van der Waals surface area contributed by atoms with E-state index in [2.05, 4.69) is 9.97 Å². The van der Waals surface area contributed by atoms with Crippen molar-refractivity contribution in [3.63, 3.8) is 0 Å². The molecule has 1 aliphatic heterocycles. The van der Waals surface area contributed by atoms with Gasteiger partial charge < -0.3 is 14.4 Å². The van der Waals surface area contributed by atoms with Crippen LogP contribution in [0.1, 0.15) is 27.7 Å². The fourth-order valence-electron chi connectivity index (χ4n) is 3.29. The molecule has 0 N–H and O–H groups in total. The highest BCUT2D eigenvalue weighted by Gasteiger charge is 2.28. The van der Waals surface area contributed by atoms with Gasteiger partial charge in [0.05, 0.1) is 24.4 Å². The van der Waals surface area contributed by atoms with E-state index in [0.717, 1.165) is 16.5 Å². The highest BCUT2D eigenvalue weighted by molar-refractivity contribution is 7.15. The predicted octanol–water partition coefficient (Wildman–Crippen LogP) is 1.19. The SMILES string of the molecule is Cc1nc2n(c1C(=O)N(C)C)CCN(C(=O)Cc1cn3ccsc3n1)C2. The van der Waals surface area contributed by atoms with Crippen LogP contribution in [0.15, 0.2) is 17.8 Å². The number of aromatic nitrogens is 4. The quantitative estimate of drug-likeness (QED) is 0.692. The molecule has 0 bridgehead atoms. The average Bonchev–Trinajstić information content (AvgIpc) is 3.25. The van der Waals surface area contributed by atoms with E-state index < -0.39 is 0 Å². The minimum absolute atomic E-state index is 0.0307. The fraction of sp³-hybridized carbons (Fsp3) is 0.412. The molecule has 8 nitrogen and oxygen atoms in total. The summed E-state index contributed by atoms with van der Waals surface area (Å²) in [4.78, 5) is 38.3. The van der Waals surface area contributed by atoms with Crippen LogP contribution in [0, 0.1) is 6.92 Å². The van der Waals surface area contributed by atoms with E-state index in [1.165, 1.54) is 0 Å². The van der Waals surface area contributed by atoms with Gasteiger partial charge in [-0.25, -0.2) is 9.97 Å². The van der Waals surface area contributed by atoms with Gasteiger partial charge in [0.25, 0.3) is 5.91 Å². The Hall–Kier alpha value is -2.68. The van der Waals surface area contributed by atoms with Gasteiger partial charge in [-0.2, -0.15) is 0 Å². The number of carbonyl (C=O) groups excluding carboxylic acids is 2. The van der Waals surface area contributed by atoms with Crippen LogP contribution in [-0.4, -0.2) is 61.2 Å². The van der Waals surface area contributed by atoms with Crippen LogP contribution < -0.4 is 0 Å². The maximum atomic E-state index is 12.7. The minimum atomic E-state index is -0.0564. The molecule has 0 saturated carbocycles. The summed E-state index contributed by atoms with van der Waals surface area (Å²) in [5.41, 5.74) is 2.10. The van der Waals surface area contributed by atoms with E-state index in [1.54, 1.807) is 35.2 Å². The number of rotatable bonds is 3. The topological polar surface area (TPSA) is 75.7 Å². The summed E-state index contributed by atoms with van der Waals surface area (Å²) in [5, 5.41) is 1.97. The van der Waals surface area contributed by atoms with Crippen LogP contribution in [0.25, 0.3) is 4.96 Å². The van der Waals surface area contributed by atoms with Crippen molar-refractivity contribution in [2.24, 2.45) is 0 Å². The molecular formula is C17H20N6O2S. The molecule has 2 amide bonds. The van der Waals surface area contributed by atoms with Gasteiger partial charge in [0, 0.05) is 45.0 Å². The number of nitrogens with zero attached hydrogens (tertiary/aromatic N) is 6. The Morgan fingerprint density at radius 2 is 2.08 bits per heavy atom. The van der Waals surface area contributed by atoms with E-state index in [9.17, 15) is 9.59 Å². The summed E-state index contributed by atoms with van der Waals surface area (Å²) in [6.45, 7) is 3.40. The number of fused-ring (bicyclic) bond motifs is 2. The van der Waals surface area contributed by atoms with Crippen LogP contribution in [0.2, 0.25) is 0 Å². The Morgan fingerprint density at radius 1 is 1.27 bits per heavy atom. The Balaban J connectivity index is 1.51. The minimum Gasteiger partial charge on any atom is -0.343 e. The van der Waals surface area contributed by atoms with Crippen LogP contribution in [-0.2, 0) is 24.3 Å². The monoisotopic (exact) mass is 372 g/mol. The lowest BCUT2D eigenvalue weighted by Crippen LogP contribution is -2.40. The second-order valence-electron chi connectivity index (χ2n) is 6.63. The normalized spacial score (nSPS) is 13.9. The van der Waals surface area contributed by atoms with Crippen molar-refractivity contribution >= 4 is 28.1 Å². The third kappa shape index (κ3) is 2.78. The van der Waals surface area contributed by atoms with E-state index in [0.29, 0.717) is 31.0 Å². The van der Waals surface area contributed by atoms with Crippen LogP contribution in [0.4, 0.5) is 0 Å².